The van der Waals surface area contributed by atoms with Crippen molar-refractivity contribution in [2.45, 2.75) is 6.61 Å². The van der Waals surface area contributed by atoms with E-state index in [1.165, 1.54) is 13.2 Å². The normalized spacial score (nSPS) is 10.2. The topological polar surface area (TPSA) is 76.4 Å². The lowest BCUT2D eigenvalue weighted by Gasteiger charge is -2.04. The summed E-state index contributed by atoms with van der Waals surface area (Å²) in [6.45, 7) is 0.0359. The maximum atomic E-state index is 11.7. The van der Waals surface area contributed by atoms with E-state index in [9.17, 15) is 9.59 Å². The van der Waals surface area contributed by atoms with Crippen molar-refractivity contribution in [1.29, 1.82) is 5.26 Å². The second-order valence-electron chi connectivity index (χ2n) is 4.82. The molecule has 2 aromatic rings. The van der Waals surface area contributed by atoms with Crippen molar-refractivity contribution in [2.75, 3.05) is 7.11 Å². The van der Waals surface area contributed by atoms with E-state index in [4.69, 9.17) is 10.00 Å². The van der Waals surface area contributed by atoms with Crippen molar-refractivity contribution >= 4 is 18.0 Å². The summed E-state index contributed by atoms with van der Waals surface area (Å²) in [5.74, 6) is -0.930. The van der Waals surface area contributed by atoms with Crippen LogP contribution < -0.4 is 0 Å². The van der Waals surface area contributed by atoms with Crippen LogP contribution in [0.15, 0.2) is 54.6 Å². The lowest BCUT2D eigenvalue weighted by atomic mass is 10.1. The molecule has 0 unspecified atom stereocenters. The maximum absolute atomic E-state index is 11.7. The van der Waals surface area contributed by atoms with E-state index < -0.39 is 11.9 Å². The smallest absolute Gasteiger partial charge is 0.337 e. The van der Waals surface area contributed by atoms with Gasteiger partial charge in [0.2, 0.25) is 0 Å². The zero-order valence-electron chi connectivity index (χ0n) is 13.1. The highest BCUT2D eigenvalue weighted by atomic mass is 16.5. The Bertz CT molecular complexity index is 801. The maximum Gasteiger partial charge on any atom is 0.337 e. The molecule has 0 aliphatic carbocycles. The molecule has 0 bridgehead atoms. The molecule has 24 heavy (non-hydrogen) atoms. The van der Waals surface area contributed by atoms with Crippen LogP contribution in [0, 0.1) is 11.3 Å². The Labute approximate surface area is 139 Å². The van der Waals surface area contributed by atoms with E-state index in [-0.39, 0.29) is 6.61 Å². The number of hydrogen-bond acceptors (Lipinski definition) is 5. The summed E-state index contributed by atoms with van der Waals surface area (Å²) in [6, 6.07) is 15.6. The van der Waals surface area contributed by atoms with Gasteiger partial charge in [-0.1, -0.05) is 30.3 Å². The third kappa shape index (κ3) is 4.55. The Morgan fingerprint density at radius 3 is 2.50 bits per heavy atom. The van der Waals surface area contributed by atoms with Gasteiger partial charge >= 0.3 is 11.9 Å². The van der Waals surface area contributed by atoms with Crippen LogP contribution in [0.3, 0.4) is 0 Å². The molecule has 5 nitrogen and oxygen atoms in total. The summed E-state index contributed by atoms with van der Waals surface area (Å²) in [5.41, 5.74) is 2.32. The highest BCUT2D eigenvalue weighted by molar-refractivity contribution is 5.90. The summed E-state index contributed by atoms with van der Waals surface area (Å²) in [4.78, 5) is 23.1. The predicted molar refractivity (Wildman–Crippen MR) is 87.8 cm³/mol. The fourth-order valence-electron chi connectivity index (χ4n) is 1.96. The molecule has 0 saturated carbocycles. The molecule has 0 atom stereocenters. The minimum Gasteiger partial charge on any atom is -0.465 e. The van der Waals surface area contributed by atoms with Gasteiger partial charge in [0.1, 0.15) is 6.61 Å². The average molecular weight is 321 g/mol. The molecule has 0 aliphatic rings. The largest absolute Gasteiger partial charge is 0.465 e. The van der Waals surface area contributed by atoms with Crippen molar-refractivity contribution in [3.63, 3.8) is 0 Å². The van der Waals surface area contributed by atoms with E-state index in [1.807, 2.05) is 6.07 Å². The Morgan fingerprint density at radius 1 is 1.12 bits per heavy atom. The SMILES string of the molecule is COC(=O)c1ccc(/C=C/C(=O)OCc2ccccc2C#N)cc1. The quantitative estimate of drug-likeness (QED) is 0.625. The summed E-state index contributed by atoms with van der Waals surface area (Å²) in [5, 5.41) is 8.98. The third-order valence-corrected chi connectivity index (χ3v) is 3.25. The van der Waals surface area contributed by atoms with E-state index in [2.05, 4.69) is 4.74 Å². The van der Waals surface area contributed by atoms with Crippen molar-refractivity contribution in [3.8, 4) is 6.07 Å². The number of nitrogens with zero attached hydrogens (tertiary/aromatic N) is 1. The molecule has 0 aliphatic heterocycles. The van der Waals surface area contributed by atoms with Crippen LogP contribution >= 0.6 is 0 Å². The van der Waals surface area contributed by atoms with E-state index in [0.717, 1.165) is 5.56 Å². The zero-order valence-corrected chi connectivity index (χ0v) is 13.1. The molecule has 2 aromatic carbocycles. The minimum atomic E-state index is -0.514. The number of carbonyl (C=O) groups is 2. The molecular formula is C19H15NO4. The fourth-order valence-corrected chi connectivity index (χ4v) is 1.96. The van der Waals surface area contributed by atoms with Gasteiger partial charge in [-0.25, -0.2) is 9.59 Å². The van der Waals surface area contributed by atoms with Crippen LogP contribution in [0.1, 0.15) is 27.0 Å². The van der Waals surface area contributed by atoms with Gasteiger partial charge in [-0.15, -0.1) is 0 Å². The molecule has 5 heteroatoms. The van der Waals surface area contributed by atoms with Gasteiger partial charge < -0.3 is 9.47 Å². The van der Waals surface area contributed by atoms with Gasteiger partial charge in [0, 0.05) is 11.6 Å². The fraction of sp³-hybridized carbons (Fsp3) is 0.105. The second-order valence-corrected chi connectivity index (χ2v) is 4.82. The van der Waals surface area contributed by atoms with Crippen molar-refractivity contribution in [1.82, 2.24) is 0 Å². The molecule has 0 fully saturated rings. The number of hydrogen-bond donors (Lipinski definition) is 0. The van der Waals surface area contributed by atoms with Gasteiger partial charge in [0.25, 0.3) is 0 Å². The first-order valence-corrected chi connectivity index (χ1v) is 7.15. The molecule has 0 N–H and O–H groups in total. The number of carbonyl (C=O) groups excluding carboxylic acids is 2. The molecule has 0 spiro atoms. The summed E-state index contributed by atoms with van der Waals surface area (Å²) >= 11 is 0. The van der Waals surface area contributed by atoms with Crippen molar-refractivity contribution < 1.29 is 19.1 Å². The first-order chi connectivity index (χ1) is 11.6. The van der Waals surface area contributed by atoms with Crippen LogP contribution in [-0.4, -0.2) is 19.0 Å². The van der Waals surface area contributed by atoms with Gasteiger partial charge in [0.15, 0.2) is 0 Å². The van der Waals surface area contributed by atoms with Crippen LogP contribution in [0.2, 0.25) is 0 Å². The summed E-state index contributed by atoms with van der Waals surface area (Å²) in [6.07, 6.45) is 2.88. The lowest BCUT2D eigenvalue weighted by molar-refractivity contribution is -0.138. The Hall–Kier alpha value is -3.39. The van der Waals surface area contributed by atoms with Gasteiger partial charge in [0.05, 0.1) is 24.3 Å². The highest BCUT2D eigenvalue weighted by Gasteiger charge is 2.05. The van der Waals surface area contributed by atoms with Crippen LogP contribution in [0.4, 0.5) is 0 Å². The standard InChI is InChI=1S/C19H15NO4/c1-23-19(22)15-9-6-14(7-10-15)8-11-18(21)24-13-17-5-3-2-4-16(17)12-20/h2-11H,13H2,1H3/b11-8+. The zero-order chi connectivity index (χ0) is 17.4. The van der Waals surface area contributed by atoms with Gasteiger partial charge in [-0.3, -0.25) is 0 Å². The van der Waals surface area contributed by atoms with Crippen LogP contribution in [-0.2, 0) is 20.9 Å². The second kappa shape index (κ2) is 8.30. The van der Waals surface area contributed by atoms with E-state index >= 15 is 0 Å². The highest BCUT2D eigenvalue weighted by Crippen LogP contribution is 2.10. The molecule has 2 rings (SSSR count). The Morgan fingerprint density at radius 2 is 1.83 bits per heavy atom. The van der Waals surface area contributed by atoms with E-state index in [0.29, 0.717) is 16.7 Å². The first kappa shape index (κ1) is 17.0. The Kier molecular flexibility index (Phi) is 5.87. The van der Waals surface area contributed by atoms with E-state index in [1.54, 1.807) is 54.6 Å². The molecular weight excluding hydrogens is 306 g/mol. The molecule has 0 radical (unpaired) electrons. The van der Waals surface area contributed by atoms with Crippen molar-refractivity contribution in [2.24, 2.45) is 0 Å². The average Bonchev–Trinajstić information content (AvgIpc) is 2.64. The number of ether oxygens (including phenoxy) is 2. The predicted octanol–water partition coefficient (Wildman–Crippen LogP) is 3.10. The van der Waals surface area contributed by atoms with Crippen molar-refractivity contribution in [3.05, 3.63) is 76.9 Å². The number of benzene rings is 2. The molecule has 0 heterocycles. The number of esters is 2. The summed E-state index contributed by atoms with van der Waals surface area (Å²) in [7, 11) is 1.32. The number of nitriles is 1. The Balaban J connectivity index is 1.93. The molecule has 0 aromatic heterocycles. The van der Waals surface area contributed by atoms with Gasteiger partial charge in [-0.05, 0) is 29.8 Å². The first-order valence-electron chi connectivity index (χ1n) is 7.15. The number of rotatable bonds is 5. The monoisotopic (exact) mass is 321 g/mol. The third-order valence-electron chi connectivity index (χ3n) is 3.25. The number of methoxy groups -OCH3 is 1. The lowest BCUT2D eigenvalue weighted by Crippen LogP contribution is -2.02. The minimum absolute atomic E-state index is 0.0359. The molecule has 120 valence electrons. The van der Waals surface area contributed by atoms with Gasteiger partial charge in [-0.2, -0.15) is 5.26 Å². The molecule has 0 saturated heterocycles. The molecule has 0 amide bonds. The van der Waals surface area contributed by atoms with Crippen LogP contribution in [0.5, 0.6) is 0 Å². The summed E-state index contributed by atoms with van der Waals surface area (Å²) < 4.78 is 9.73. The van der Waals surface area contributed by atoms with Crippen LogP contribution in [0.25, 0.3) is 6.08 Å².